The van der Waals surface area contributed by atoms with Crippen LogP contribution in [0.3, 0.4) is 0 Å². The quantitative estimate of drug-likeness (QED) is 0.940. The summed E-state index contributed by atoms with van der Waals surface area (Å²) in [4.78, 5) is 13.0. The highest BCUT2D eigenvalue weighted by Gasteiger charge is 2.12. The normalized spacial score (nSPS) is 10.4. The highest BCUT2D eigenvalue weighted by molar-refractivity contribution is 9.10. The van der Waals surface area contributed by atoms with Gasteiger partial charge in [-0.2, -0.15) is 0 Å². The van der Waals surface area contributed by atoms with Crippen molar-refractivity contribution in [2.75, 3.05) is 19.5 Å². The van der Waals surface area contributed by atoms with Gasteiger partial charge in [0.05, 0.1) is 16.8 Å². The molecule has 2 rings (SSSR count). The summed E-state index contributed by atoms with van der Waals surface area (Å²) in [6.07, 6.45) is 3.46. The summed E-state index contributed by atoms with van der Waals surface area (Å²) in [5, 5.41) is 3.03. The van der Waals surface area contributed by atoms with E-state index < -0.39 is 0 Å². The molecule has 2 heterocycles. The molecule has 0 amide bonds. The number of anilines is 1. The molecule has 5 nitrogen and oxygen atoms in total. The maximum Gasteiger partial charge on any atom is 0.163 e. The van der Waals surface area contributed by atoms with Crippen molar-refractivity contribution in [3.63, 3.8) is 0 Å². The Bertz CT molecular complexity index is 533. The molecule has 0 aromatic carbocycles. The molecule has 18 heavy (non-hydrogen) atoms. The van der Waals surface area contributed by atoms with Gasteiger partial charge in [0.2, 0.25) is 0 Å². The molecule has 1 N–H and O–H groups in total. The maximum atomic E-state index is 5.14. The van der Waals surface area contributed by atoms with E-state index in [2.05, 4.69) is 36.2 Å². The average Bonchev–Trinajstić information content (AvgIpc) is 2.42. The number of nitrogens with one attached hydrogen (secondary N) is 1. The van der Waals surface area contributed by atoms with E-state index >= 15 is 0 Å². The minimum Gasteiger partial charge on any atom is -0.378 e. The van der Waals surface area contributed by atoms with E-state index in [-0.39, 0.29) is 0 Å². The lowest BCUT2D eigenvalue weighted by Gasteiger charge is -2.10. The Labute approximate surface area is 114 Å². The van der Waals surface area contributed by atoms with Crippen molar-refractivity contribution in [2.24, 2.45) is 0 Å². The van der Waals surface area contributed by atoms with Crippen LogP contribution in [-0.2, 0) is 11.3 Å². The molecular weight excluding hydrogens is 296 g/mol. The minimum atomic E-state index is 0.422. The van der Waals surface area contributed by atoms with Crippen molar-refractivity contribution in [3.8, 4) is 11.4 Å². The lowest BCUT2D eigenvalue weighted by atomic mass is 10.2. The molecule has 0 atom stereocenters. The molecule has 0 aliphatic rings. The molecule has 0 bridgehead atoms. The fraction of sp³-hybridized carbons (Fsp3) is 0.250. The lowest BCUT2D eigenvalue weighted by molar-refractivity contribution is 0.181. The van der Waals surface area contributed by atoms with Gasteiger partial charge in [-0.1, -0.05) is 0 Å². The molecule has 0 saturated heterocycles. The Hall–Kier alpha value is -1.53. The molecule has 0 saturated carbocycles. The van der Waals surface area contributed by atoms with Crippen LogP contribution >= 0.6 is 15.9 Å². The largest absolute Gasteiger partial charge is 0.378 e. The first-order valence-electron chi connectivity index (χ1n) is 5.39. The molecule has 0 aliphatic carbocycles. The van der Waals surface area contributed by atoms with Crippen LogP contribution in [0.1, 0.15) is 5.69 Å². The SMILES string of the molecule is CNc1nc(-c2cccnc2)nc(COC)c1Br. The van der Waals surface area contributed by atoms with Gasteiger partial charge < -0.3 is 10.1 Å². The molecule has 0 aliphatic heterocycles. The zero-order chi connectivity index (χ0) is 13.0. The molecule has 6 heteroatoms. The molecule has 2 aromatic rings. The minimum absolute atomic E-state index is 0.422. The number of ether oxygens (including phenoxy) is 1. The standard InChI is InChI=1S/C12H13BrN4O/c1-14-12-10(13)9(7-18-2)16-11(17-12)8-4-3-5-15-6-8/h3-6H,7H2,1-2H3,(H,14,16,17). The lowest BCUT2D eigenvalue weighted by Crippen LogP contribution is -2.04. The predicted octanol–water partition coefficient (Wildman–Crippen LogP) is 2.49. The molecular formula is C12H13BrN4O. The fourth-order valence-electron chi connectivity index (χ4n) is 1.52. The van der Waals surface area contributed by atoms with E-state index in [9.17, 15) is 0 Å². The van der Waals surface area contributed by atoms with E-state index in [0.29, 0.717) is 12.4 Å². The van der Waals surface area contributed by atoms with Crippen LogP contribution in [-0.4, -0.2) is 29.1 Å². The number of hydrogen-bond acceptors (Lipinski definition) is 5. The zero-order valence-electron chi connectivity index (χ0n) is 10.1. The van der Waals surface area contributed by atoms with Gasteiger partial charge in [-0.05, 0) is 28.1 Å². The van der Waals surface area contributed by atoms with Gasteiger partial charge >= 0.3 is 0 Å². The van der Waals surface area contributed by atoms with Gasteiger partial charge in [-0.25, -0.2) is 9.97 Å². The summed E-state index contributed by atoms with van der Waals surface area (Å²) >= 11 is 3.47. The van der Waals surface area contributed by atoms with E-state index in [4.69, 9.17) is 4.74 Å². The van der Waals surface area contributed by atoms with Gasteiger partial charge in [-0.3, -0.25) is 4.98 Å². The number of rotatable bonds is 4. The molecule has 0 unspecified atom stereocenters. The van der Waals surface area contributed by atoms with Gasteiger partial charge in [0, 0.05) is 32.1 Å². The number of nitrogens with zero attached hydrogens (tertiary/aromatic N) is 3. The number of methoxy groups -OCH3 is 1. The van der Waals surface area contributed by atoms with Crippen LogP contribution < -0.4 is 5.32 Å². The number of aromatic nitrogens is 3. The number of pyridine rings is 1. The van der Waals surface area contributed by atoms with Gasteiger partial charge in [0.15, 0.2) is 5.82 Å². The van der Waals surface area contributed by atoms with Crippen LogP contribution in [0.15, 0.2) is 29.0 Å². The summed E-state index contributed by atoms with van der Waals surface area (Å²) < 4.78 is 5.95. The van der Waals surface area contributed by atoms with Crippen molar-refractivity contribution in [1.29, 1.82) is 0 Å². The van der Waals surface area contributed by atoms with Crippen LogP contribution in [0, 0.1) is 0 Å². The van der Waals surface area contributed by atoms with E-state index in [1.165, 1.54) is 0 Å². The number of halogens is 1. The van der Waals surface area contributed by atoms with Crippen LogP contribution in [0.5, 0.6) is 0 Å². The van der Waals surface area contributed by atoms with Crippen molar-refractivity contribution >= 4 is 21.7 Å². The predicted molar refractivity (Wildman–Crippen MR) is 73.2 cm³/mol. The van der Waals surface area contributed by atoms with Crippen molar-refractivity contribution < 1.29 is 4.74 Å². The van der Waals surface area contributed by atoms with Gasteiger partial charge in [0.25, 0.3) is 0 Å². The topological polar surface area (TPSA) is 59.9 Å². The zero-order valence-corrected chi connectivity index (χ0v) is 11.7. The maximum absolute atomic E-state index is 5.14. The molecule has 0 spiro atoms. The molecule has 2 aromatic heterocycles. The smallest absolute Gasteiger partial charge is 0.163 e. The van der Waals surface area contributed by atoms with Crippen molar-refractivity contribution in [1.82, 2.24) is 15.0 Å². The third-order valence-electron chi connectivity index (χ3n) is 2.36. The Morgan fingerprint density at radius 2 is 2.22 bits per heavy atom. The summed E-state index contributed by atoms with van der Waals surface area (Å²) in [5.41, 5.74) is 1.68. The first kappa shape index (κ1) is 12.9. The highest BCUT2D eigenvalue weighted by atomic mass is 79.9. The van der Waals surface area contributed by atoms with Crippen molar-refractivity contribution in [3.05, 3.63) is 34.7 Å². The fourth-order valence-corrected chi connectivity index (χ4v) is 2.01. The van der Waals surface area contributed by atoms with Gasteiger partial charge in [-0.15, -0.1) is 0 Å². The second-order valence-corrected chi connectivity index (χ2v) is 4.37. The summed E-state index contributed by atoms with van der Waals surface area (Å²) in [6, 6.07) is 3.78. The molecule has 0 radical (unpaired) electrons. The van der Waals surface area contributed by atoms with E-state index in [1.54, 1.807) is 19.5 Å². The highest BCUT2D eigenvalue weighted by Crippen LogP contribution is 2.27. The van der Waals surface area contributed by atoms with E-state index in [1.807, 2.05) is 19.2 Å². The first-order chi connectivity index (χ1) is 8.76. The van der Waals surface area contributed by atoms with E-state index in [0.717, 1.165) is 21.5 Å². The third-order valence-corrected chi connectivity index (χ3v) is 3.19. The molecule has 0 fully saturated rings. The first-order valence-corrected chi connectivity index (χ1v) is 6.19. The second kappa shape index (κ2) is 5.88. The van der Waals surface area contributed by atoms with Crippen molar-refractivity contribution in [2.45, 2.75) is 6.61 Å². The Morgan fingerprint density at radius 1 is 1.39 bits per heavy atom. The summed E-state index contributed by atoms with van der Waals surface area (Å²) in [6.45, 7) is 0.422. The summed E-state index contributed by atoms with van der Waals surface area (Å²) in [5.74, 6) is 1.36. The molecule has 94 valence electrons. The van der Waals surface area contributed by atoms with Crippen LogP contribution in [0.2, 0.25) is 0 Å². The third kappa shape index (κ3) is 2.65. The number of hydrogen-bond donors (Lipinski definition) is 1. The van der Waals surface area contributed by atoms with Crippen LogP contribution in [0.25, 0.3) is 11.4 Å². The second-order valence-electron chi connectivity index (χ2n) is 3.58. The Balaban J connectivity index is 2.52. The monoisotopic (exact) mass is 308 g/mol. The van der Waals surface area contributed by atoms with Crippen LogP contribution in [0.4, 0.5) is 5.82 Å². The Morgan fingerprint density at radius 3 is 2.83 bits per heavy atom. The Kier molecular flexibility index (Phi) is 4.22. The average molecular weight is 309 g/mol. The van der Waals surface area contributed by atoms with Gasteiger partial charge in [0.1, 0.15) is 5.82 Å². The summed E-state index contributed by atoms with van der Waals surface area (Å²) in [7, 11) is 3.45.